The van der Waals surface area contributed by atoms with Crippen molar-refractivity contribution >= 4 is 17.5 Å². The van der Waals surface area contributed by atoms with Crippen LogP contribution in [0.15, 0.2) is 48.5 Å². The van der Waals surface area contributed by atoms with E-state index in [1.165, 1.54) is 12.1 Å². The molecule has 3 rings (SSSR count). The molecule has 2 aromatic carbocycles. The van der Waals surface area contributed by atoms with Crippen molar-refractivity contribution in [2.24, 2.45) is 5.92 Å². The van der Waals surface area contributed by atoms with Crippen LogP contribution in [0, 0.1) is 18.7 Å². The first kappa shape index (κ1) is 16.2. The zero-order chi connectivity index (χ0) is 17.1. The lowest BCUT2D eigenvalue weighted by molar-refractivity contribution is -0.128. The number of para-hydroxylation sites is 1. The molecule has 1 atom stereocenters. The number of anilines is 1. The largest absolute Gasteiger partial charge is 0.338 e. The Kier molecular flexibility index (Phi) is 4.60. The molecule has 4 nitrogen and oxygen atoms in total. The van der Waals surface area contributed by atoms with E-state index in [2.05, 4.69) is 5.32 Å². The molecular formula is C19H19FN2O2. The van der Waals surface area contributed by atoms with Crippen LogP contribution in [-0.4, -0.2) is 23.3 Å². The zero-order valence-electron chi connectivity index (χ0n) is 13.5. The summed E-state index contributed by atoms with van der Waals surface area (Å²) in [4.78, 5) is 26.2. The summed E-state index contributed by atoms with van der Waals surface area (Å²) < 4.78 is 13.0. The lowest BCUT2D eigenvalue weighted by Gasteiger charge is -2.17. The third-order valence-corrected chi connectivity index (χ3v) is 4.27. The second-order valence-electron chi connectivity index (χ2n) is 6.11. The van der Waals surface area contributed by atoms with Crippen LogP contribution in [0.2, 0.25) is 0 Å². The van der Waals surface area contributed by atoms with Gasteiger partial charge in [-0.15, -0.1) is 0 Å². The van der Waals surface area contributed by atoms with Gasteiger partial charge in [-0.1, -0.05) is 30.3 Å². The molecule has 124 valence electrons. The third kappa shape index (κ3) is 3.62. The van der Waals surface area contributed by atoms with Crippen molar-refractivity contribution in [2.75, 3.05) is 11.9 Å². The summed E-state index contributed by atoms with van der Waals surface area (Å²) in [5.74, 6) is -0.858. The number of rotatable bonds is 4. The summed E-state index contributed by atoms with van der Waals surface area (Å²) in [6.07, 6.45) is 0.207. The summed E-state index contributed by atoms with van der Waals surface area (Å²) in [5, 5.41) is 2.90. The lowest BCUT2D eigenvalue weighted by atomic mass is 10.1. The monoisotopic (exact) mass is 326 g/mol. The molecule has 0 bridgehead atoms. The van der Waals surface area contributed by atoms with Crippen molar-refractivity contribution in [3.63, 3.8) is 0 Å². The number of carbonyl (C=O) groups excluding carboxylic acids is 2. The fourth-order valence-corrected chi connectivity index (χ4v) is 2.86. The van der Waals surface area contributed by atoms with Gasteiger partial charge in [0, 0.05) is 25.2 Å². The molecule has 1 heterocycles. The highest BCUT2D eigenvalue weighted by Crippen LogP contribution is 2.23. The summed E-state index contributed by atoms with van der Waals surface area (Å²) >= 11 is 0. The quantitative estimate of drug-likeness (QED) is 0.938. The highest BCUT2D eigenvalue weighted by Gasteiger charge is 2.34. The normalized spacial score (nSPS) is 17.2. The molecule has 0 saturated carbocycles. The molecule has 0 aliphatic carbocycles. The molecule has 1 fully saturated rings. The van der Waals surface area contributed by atoms with E-state index in [9.17, 15) is 14.0 Å². The minimum Gasteiger partial charge on any atom is -0.338 e. The van der Waals surface area contributed by atoms with Gasteiger partial charge >= 0.3 is 0 Å². The van der Waals surface area contributed by atoms with E-state index in [1.807, 2.05) is 31.2 Å². The maximum atomic E-state index is 13.0. The minimum absolute atomic E-state index is 0.0516. The first-order valence-electron chi connectivity index (χ1n) is 7.91. The topological polar surface area (TPSA) is 49.4 Å². The van der Waals surface area contributed by atoms with E-state index >= 15 is 0 Å². The van der Waals surface area contributed by atoms with Gasteiger partial charge in [0.2, 0.25) is 11.8 Å². The predicted molar refractivity (Wildman–Crippen MR) is 89.7 cm³/mol. The number of halogens is 1. The standard InChI is InChI=1S/C19H19FN2O2/c1-13-4-2-3-5-17(13)21-19(24)15-10-18(23)22(12-15)11-14-6-8-16(20)9-7-14/h2-9,15H,10-12H2,1H3,(H,21,24). The number of benzene rings is 2. The average molecular weight is 326 g/mol. The third-order valence-electron chi connectivity index (χ3n) is 4.27. The van der Waals surface area contributed by atoms with Crippen LogP contribution in [0.5, 0.6) is 0 Å². The van der Waals surface area contributed by atoms with Crippen molar-refractivity contribution in [1.82, 2.24) is 4.90 Å². The average Bonchev–Trinajstić information content (AvgIpc) is 2.93. The van der Waals surface area contributed by atoms with Gasteiger partial charge in [0.25, 0.3) is 0 Å². The van der Waals surface area contributed by atoms with Crippen LogP contribution in [0.1, 0.15) is 17.5 Å². The molecule has 1 unspecified atom stereocenters. The van der Waals surface area contributed by atoms with Crippen LogP contribution in [-0.2, 0) is 16.1 Å². The molecule has 1 aliphatic rings. The van der Waals surface area contributed by atoms with E-state index in [1.54, 1.807) is 17.0 Å². The smallest absolute Gasteiger partial charge is 0.229 e. The van der Waals surface area contributed by atoms with E-state index in [0.717, 1.165) is 16.8 Å². The Hall–Kier alpha value is -2.69. The van der Waals surface area contributed by atoms with Gasteiger partial charge in [0.15, 0.2) is 0 Å². The zero-order valence-corrected chi connectivity index (χ0v) is 13.5. The number of amides is 2. The van der Waals surface area contributed by atoms with Crippen LogP contribution in [0.4, 0.5) is 10.1 Å². The number of hydrogen-bond acceptors (Lipinski definition) is 2. The number of aryl methyl sites for hydroxylation is 1. The summed E-state index contributed by atoms with van der Waals surface area (Å²) in [6, 6.07) is 13.6. The Morgan fingerprint density at radius 3 is 2.62 bits per heavy atom. The molecule has 0 aromatic heterocycles. The predicted octanol–water partition coefficient (Wildman–Crippen LogP) is 3.12. The number of likely N-dealkylation sites (tertiary alicyclic amines) is 1. The Bertz CT molecular complexity index is 758. The summed E-state index contributed by atoms with van der Waals surface area (Å²) in [6.45, 7) is 2.71. The number of nitrogens with one attached hydrogen (secondary N) is 1. The number of carbonyl (C=O) groups is 2. The molecule has 1 N–H and O–H groups in total. The first-order chi connectivity index (χ1) is 11.5. The van der Waals surface area contributed by atoms with Gasteiger partial charge in [-0.25, -0.2) is 4.39 Å². The lowest BCUT2D eigenvalue weighted by Crippen LogP contribution is -2.28. The van der Waals surface area contributed by atoms with Crippen LogP contribution < -0.4 is 5.32 Å². The Morgan fingerprint density at radius 2 is 1.92 bits per heavy atom. The molecule has 5 heteroatoms. The van der Waals surface area contributed by atoms with E-state index < -0.39 is 0 Å². The molecule has 0 spiro atoms. The fraction of sp³-hybridized carbons (Fsp3) is 0.263. The number of nitrogens with zero attached hydrogens (tertiary/aromatic N) is 1. The Balaban J connectivity index is 1.62. The van der Waals surface area contributed by atoms with Crippen molar-refractivity contribution < 1.29 is 14.0 Å². The molecule has 0 radical (unpaired) electrons. The second kappa shape index (κ2) is 6.83. The molecule has 1 saturated heterocycles. The maximum Gasteiger partial charge on any atom is 0.229 e. The molecule has 2 amide bonds. The van der Waals surface area contributed by atoms with Crippen LogP contribution >= 0.6 is 0 Å². The summed E-state index contributed by atoms with van der Waals surface area (Å²) in [5.41, 5.74) is 2.61. The second-order valence-corrected chi connectivity index (χ2v) is 6.11. The number of hydrogen-bond donors (Lipinski definition) is 1. The SMILES string of the molecule is Cc1ccccc1NC(=O)C1CC(=O)N(Cc2ccc(F)cc2)C1. The van der Waals surface area contributed by atoms with Crippen molar-refractivity contribution in [2.45, 2.75) is 19.9 Å². The maximum absolute atomic E-state index is 13.0. The Labute approximate surface area is 140 Å². The van der Waals surface area contributed by atoms with Gasteiger partial charge in [-0.05, 0) is 36.2 Å². The first-order valence-corrected chi connectivity index (χ1v) is 7.91. The summed E-state index contributed by atoms with van der Waals surface area (Å²) in [7, 11) is 0. The van der Waals surface area contributed by atoms with Gasteiger partial charge in [0.05, 0.1) is 5.92 Å². The minimum atomic E-state index is -0.363. The van der Waals surface area contributed by atoms with Gasteiger partial charge in [-0.2, -0.15) is 0 Å². The van der Waals surface area contributed by atoms with Crippen LogP contribution in [0.3, 0.4) is 0 Å². The van der Waals surface area contributed by atoms with E-state index in [-0.39, 0.29) is 30.0 Å². The van der Waals surface area contributed by atoms with Gasteiger partial charge in [0.1, 0.15) is 5.82 Å². The highest BCUT2D eigenvalue weighted by molar-refractivity contribution is 5.97. The van der Waals surface area contributed by atoms with Crippen molar-refractivity contribution in [1.29, 1.82) is 0 Å². The molecule has 1 aliphatic heterocycles. The van der Waals surface area contributed by atoms with Crippen LogP contribution in [0.25, 0.3) is 0 Å². The molecular weight excluding hydrogens is 307 g/mol. The van der Waals surface area contributed by atoms with Crippen molar-refractivity contribution in [3.05, 3.63) is 65.5 Å². The van der Waals surface area contributed by atoms with Gasteiger partial charge < -0.3 is 10.2 Å². The Morgan fingerprint density at radius 1 is 1.21 bits per heavy atom. The highest BCUT2D eigenvalue weighted by atomic mass is 19.1. The van der Waals surface area contributed by atoms with E-state index in [4.69, 9.17) is 0 Å². The molecule has 24 heavy (non-hydrogen) atoms. The van der Waals surface area contributed by atoms with Crippen molar-refractivity contribution in [3.8, 4) is 0 Å². The van der Waals surface area contributed by atoms with Gasteiger partial charge in [-0.3, -0.25) is 9.59 Å². The fourth-order valence-electron chi connectivity index (χ4n) is 2.86. The van der Waals surface area contributed by atoms with E-state index in [0.29, 0.717) is 13.1 Å². The molecule has 2 aromatic rings.